The van der Waals surface area contributed by atoms with Crippen LogP contribution in [0.4, 0.5) is 13.2 Å². The third-order valence-electron chi connectivity index (χ3n) is 3.07. The van der Waals surface area contributed by atoms with E-state index in [2.05, 4.69) is 15.5 Å². The van der Waals surface area contributed by atoms with Gasteiger partial charge in [0.15, 0.2) is 6.10 Å². The summed E-state index contributed by atoms with van der Waals surface area (Å²) in [5, 5.41) is 9.55. The zero-order chi connectivity index (χ0) is 18.6. The fourth-order valence-electron chi connectivity index (χ4n) is 1.83. The van der Waals surface area contributed by atoms with Crippen LogP contribution in [0.5, 0.6) is 0 Å². The highest BCUT2D eigenvalue weighted by Gasteiger charge is 2.30. The van der Waals surface area contributed by atoms with Crippen LogP contribution in [0.2, 0.25) is 0 Å². The molecule has 7 nitrogen and oxygen atoms in total. The minimum Gasteiger partial charge on any atom is -0.451 e. The van der Waals surface area contributed by atoms with Crippen molar-refractivity contribution in [1.82, 2.24) is 15.5 Å². The van der Waals surface area contributed by atoms with Crippen molar-refractivity contribution in [3.8, 4) is 0 Å². The Balaban J connectivity index is 1.85. The van der Waals surface area contributed by atoms with Gasteiger partial charge in [0.1, 0.15) is 6.54 Å². The van der Waals surface area contributed by atoms with Gasteiger partial charge in [0.2, 0.25) is 5.89 Å². The molecule has 1 N–H and O–H groups in total. The van der Waals surface area contributed by atoms with E-state index in [1.807, 2.05) is 0 Å². The largest absolute Gasteiger partial charge is 0.451 e. The second kappa shape index (κ2) is 7.32. The van der Waals surface area contributed by atoms with E-state index in [-0.39, 0.29) is 11.5 Å². The molecule has 1 heterocycles. The number of carbonyl (C=O) groups excluding carboxylic acids is 2. The van der Waals surface area contributed by atoms with Crippen LogP contribution in [0.15, 0.2) is 28.7 Å². The lowest BCUT2D eigenvalue weighted by atomic mass is 10.1. The summed E-state index contributed by atoms with van der Waals surface area (Å²) in [4.78, 5) is 23.5. The van der Waals surface area contributed by atoms with Gasteiger partial charge in [0, 0.05) is 12.5 Å². The number of nitrogens with one attached hydrogen (secondary N) is 1. The second-order valence-corrected chi connectivity index (χ2v) is 5.05. The van der Waals surface area contributed by atoms with Gasteiger partial charge in [0.25, 0.3) is 11.8 Å². The van der Waals surface area contributed by atoms with E-state index in [0.717, 1.165) is 24.3 Å². The summed E-state index contributed by atoms with van der Waals surface area (Å²) in [5.41, 5.74) is -0.881. The van der Waals surface area contributed by atoms with Gasteiger partial charge in [-0.15, -0.1) is 10.2 Å². The van der Waals surface area contributed by atoms with Crippen LogP contribution in [-0.2, 0) is 15.7 Å². The molecule has 1 unspecified atom stereocenters. The van der Waals surface area contributed by atoms with Crippen LogP contribution >= 0.6 is 0 Å². The molecule has 0 radical (unpaired) electrons. The van der Waals surface area contributed by atoms with Crippen molar-refractivity contribution in [3.63, 3.8) is 0 Å². The number of alkyl halides is 3. The molecule has 0 aliphatic carbocycles. The molecule has 1 amide bonds. The molecule has 10 heteroatoms. The molecule has 0 aliphatic heterocycles. The maximum Gasteiger partial charge on any atom is 0.416 e. The smallest absolute Gasteiger partial charge is 0.416 e. The third kappa shape index (κ3) is 5.03. The molecular weight excluding hydrogens is 343 g/mol. The molecule has 0 aliphatic rings. The van der Waals surface area contributed by atoms with Crippen molar-refractivity contribution >= 4 is 11.9 Å². The first kappa shape index (κ1) is 18.4. The average molecular weight is 357 g/mol. The summed E-state index contributed by atoms with van der Waals surface area (Å²) in [5.74, 6) is -1.04. The Morgan fingerprint density at radius 2 is 1.88 bits per heavy atom. The highest BCUT2D eigenvalue weighted by atomic mass is 19.4. The summed E-state index contributed by atoms with van der Waals surface area (Å²) in [7, 11) is 0. The van der Waals surface area contributed by atoms with Gasteiger partial charge in [-0.3, -0.25) is 9.59 Å². The Labute approximate surface area is 140 Å². The molecule has 0 fully saturated rings. The zero-order valence-electron chi connectivity index (χ0n) is 13.3. The quantitative estimate of drug-likeness (QED) is 0.826. The Morgan fingerprint density at radius 1 is 1.24 bits per heavy atom. The number of halogens is 3. The first-order valence-corrected chi connectivity index (χ1v) is 7.11. The average Bonchev–Trinajstić information content (AvgIpc) is 2.98. The molecule has 0 spiro atoms. The summed E-state index contributed by atoms with van der Waals surface area (Å²) in [6.07, 6.45) is -5.28. The first-order chi connectivity index (χ1) is 11.7. The summed E-state index contributed by atoms with van der Waals surface area (Å²) in [6.45, 7) is 2.63. The Morgan fingerprint density at radius 3 is 2.40 bits per heavy atom. The highest BCUT2D eigenvalue weighted by molar-refractivity contribution is 5.95. The van der Waals surface area contributed by atoms with Gasteiger partial charge in [0.05, 0.1) is 5.56 Å². The van der Waals surface area contributed by atoms with Gasteiger partial charge in [-0.2, -0.15) is 13.2 Å². The molecule has 134 valence electrons. The molecule has 2 rings (SSSR count). The van der Waals surface area contributed by atoms with Crippen molar-refractivity contribution in [3.05, 3.63) is 47.2 Å². The maximum atomic E-state index is 12.5. The molecule has 0 saturated carbocycles. The Kier molecular flexibility index (Phi) is 5.40. The van der Waals surface area contributed by atoms with Crippen LogP contribution in [0, 0.1) is 6.92 Å². The van der Waals surface area contributed by atoms with Crippen molar-refractivity contribution in [2.45, 2.75) is 26.1 Å². The SMILES string of the molecule is Cc1nnc(C(C)OC(=O)CNC(=O)c2ccc(C(F)(F)F)cc2)o1. The molecule has 1 aromatic heterocycles. The van der Waals surface area contributed by atoms with Gasteiger partial charge in [-0.05, 0) is 31.2 Å². The molecule has 2 aromatic rings. The topological polar surface area (TPSA) is 94.3 Å². The van der Waals surface area contributed by atoms with E-state index in [1.54, 1.807) is 6.92 Å². The number of esters is 1. The summed E-state index contributed by atoms with van der Waals surface area (Å²) < 4.78 is 47.5. The summed E-state index contributed by atoms with van der Waals surface area (Å²) >= 11 is 0. The number of benzene rings is 1. The molecular formula is C15H14F3N3O4. The van der Waals surface area contributed by atoms with Crippen LogP contribution in [-0.4, -0.2) is 28.6 Å². The van der Waals surface area contributed by atoms with Crippen LogP contribution in [0.25, 0.3) is 0 Å². The van der Waals surface area contributed by atoms with E-state index < -0.39 is 36.3 Å². The number of aromatic nitrogens is 2. The highest BCUT2D eigenvalue weighted by Crippen LogP contribution is 2.29. The van der Waals surface area contributed by atoms with E-state index in [1.165, 1.54) is 6.92 Å². The van der Waals surface area contributed by atoms with Crippen LogP contribution in [0.1, 0.15) is 40.7 Å². The standard InChI is InChI=1S/C15H14F3N3O4/c1-8(14-21-20-9(2)25-14)24-12(22)7-19-13(23)10-3-5-11(6-4-10)15(16,17)18/h3-6,8H,7H2,1-2H3,(H,19,23). The molecule has 1 aromatic carbocycles. The van der Waals surface area contributed by atoms with E-state index in [0.29, 0.717) is 5.89 Å². The maximum absolute atomic E-state index is 12.5. The lowest BCUT2D eigenvalue weighted by Crippen LogP contribution is -2.31. The molecule has 1 atom stereocenters. The number of nitrogens with zero attached hydrogens (tertiary/aromatic N) is 2. The normalized spacial score (nSPS) is 12.5. The number of rotatable bonds is 5. The molecule has 0 bridgehead atoms. The lowest BCUT2D eigenvalue weighted by molar-refractivity contribution is -0.148. The molecule has 0 saturated heterocycles. The predicted octanol–water partition coefficient (Wildman–Crippen LogP) is 2.43. The Bertz CT molecular complexity index is 756. The van der Waals surface area contributed by atoms with Crippen LogP contribution in [0.3, 0.4) is 0 Å². The van der Waals surface area contributed by atoms with Crippen molar-refractivity contribution in [1.29, 1.82) is 0 Å². The van der Waals surface area contributed by atoms with Gasteiger partial charge >= 0.3 is 12.1 Å². The predicted molar refractivity (Wildman–Crippen MR) is 77.3 cm³/mol. The number of aryl methyl sites for hydroxylation is 1. The first-order valence-electron chi connectivity index (χ1n) is 7.11. The number of amides is 1. The fourth-order valence-corrected chi connectivity index (χ4v) is 1.83. The van der Waals surface area contributed by atoms with E-state index >= 15 is 0 Å². The minimum absolute atomic E-state index is 0.0126. The Hall–Kier alpha value is -2.91. The zero-order valence-corrected chi connectivity index (χ0v) is 13.3. The lowest BCUT2D eigenvalue weighted by Gasteiger charge is -2.10. The monoisotopic (exact) mass is 357 g/mol. The summed E-state index contributed by atoms with van der Waals surface area (Å²) in [6, 6.07) is 3.61. The number of carbonyl (C=O) groups is 2. The van der Waals surface area contributed by atoms with Crippen molar-refractivity contribution in [2.24, 2.45) is 0 Å². The number of ether oxygens (including phenoxy) is 1. The van der Waals surface area contributed by atoms with Crippen molar-refractivity contribution in [2.75, 3.05) is 6.54 Å². The fraction of sp³-hybridized carbons (Fsp3) is 0.333. The van der Waals surface area contributed by atoms with Gasteiger partial charge in [-0.25, -0.2) is 0 Å². The number of hydrogen-bond donors (Lipinski definition) is 1. The van der Waals surface area contributed by atoms with E-state index in [9.17, 15) is 22.8 Å². The number of hydrogen-bond acceptors (Lipinski definition) is 6. The second-order valence-electron chi connectivity index (χ2n) is 5.05. The van der Waals surface area contributed by atoms with E-state index in [4.69, 9.17) is 9.15 Å². The molecule has 25 heavy (non-hydrogen) atoms. The van der Waals surface area contributed by atoms with Gasteiger partial charge in [-0.1, -0.05) is 0 Å². The third-order valence-corrected chi connectivity index (χ3v) is 3.07. The minimum atomic E-state index is -4.48. The van der Waals surface area contributed by atoms with Gasteiger partial charge < -0.3 is 14.5 Å². The van der Waals surface area contributed by atoms with Crippen LogP contribution < -0.4 is 5.32 Å². The van der Waals surface area contributed by atoms with Crippen molar-refractivity contribution < 1.29 is 31.9 Å².